The highest BCUT2D eigenvalue weighted by Gasteiger charge is 2.21. The summed E-state index contributed by atoms with van der Waals surface area (Å²) in [5.74, 6) is 1.08. The molecule has 0 fully saturated rings. The van der Waals surface area contributed by atoms with Crippen LogP contribution in [0.15, 0.2) is 70.7 Å². The van der Waals surface area contributed by atoms with Crippen LogP contribution in [0.25, 0.3) is 0 Å². The minimum atomic E-state index is -4.07. The van der Waals surface area contributed by atoms with Crippen molar-refractivity contribution in [2.45, 2.75) is 4.90 Å². The molecule has 0 aliphatic heterocycles. The molecule has 3 aromatic rings. The molecule has 0 bridgehead atoms. The number of rotatable bonds is 9. The average Bonchev–Trinajstić information content (AvgIpc) is 2.80. The second-order valence-electron chi connectivity index (χ2n) is 6.53. The largest absolute Gasteiger partial charge is 0.497 e. The third kappa shape index (κ3) is 5.90. The number of halogens is 1. The molecule has 0 radical (unpaired) electrons. The zero-order valence-corrected chi connectivity index (χ0v) is 19.1. The van der Waals surface area contributed by atoms with E-state index >= 15 is 0 Å². The van der Waals surface area contributed by atoms with Crippen molar-refractivity contribution in [3.8, 4) is 11.5 Å². The van der Waals surface area contributed by atoms with E-state index in [9.17, 15) is 18.5 Å². The standard InChI is InChI=1S/C21H19ClN4O6S/c1-31-17-8-3-14(21(11-17)32-2)13-23-24-19-10-9-18(12-20(19)26(27)28)33(29,30)25-16-6-4-15(22)5-7-16/h3-13,24-25H,1-2H3. The number of hydrogen-bond donors (Lipinski definition) is 2. The van der Waals surface area contributed by atoms with Crippen LogP contribution in [0.5, 0.6) is 11.5 Å². The molecule has 0 heterocycles. The Morgan fingerprint density at radius 2 is 1.76 bits per heavy atom. The van der Waals surface area contributed by atoms with E-state index in [2.05, 4.69) is 15.2 Å². The first-order valence-electron chi connectivity index (χ1n) is 9.31. The van der Waals surface area contributed by atoms with E-state index in [1.807, 2.05) is 0 Å². The summed E-state index contributed by atoms with van der Waals surface area (Å²) in [4.78, 5) is 10.6. The van der Waals surface area contributed by atoms with E-state index in [4.69, 9.17) is 21.1 Å². The summed E-state index contributed by atoms with van der Waals surface area (Å²) in [6, 6.07) is 14.5. The van der Waals surface area contributed by atoms with Crippen LogP contribution in [0.4, 0.5) is 17.1 Å². The fourth-order valence-corrected chi connectivity index (χ4v) is 3.96. The van der Waals surface area contributed by atoms with Gasteiger partial charge in [-0.05, 0) is 48.5 Å². The number of hydrazone groups is 1. The molecule has 10 nitrogen and oxygen atoms in total. The molecule has 172 valence electrons. The molecule has 12 heteroatoms. The number of benzene rings is 3. The summed E-state index contributed by atoms with van der Waals surface area (Å²) in [6.45, 7) is 0. The highest BCUT2D eigenvalue weighted by Crippen LogP contribution is 2.29. The van der Waals surface area contributed by atoms with Crippen LogP contribution in [-0.2, 0) is 10.0 Å². The van der Waals surface area contributed by atoms with E-state index in [-0.39, 0.29) is 16.3 Å². The van der Waals surface area contributed by atoms with Gasteiger partial charge in [0.15, 0.2) is 0 Å². The number of nitro groups is 1. The third-order valence-electron chi connectivity index (χ3n) is 4.40. The highest BCUT2D eigenvalue weighted by molar-refractivity contribution is 7.92. The number of ether oxygens (including phenoxy) is 2. The molecule has 0 aromatic heterocycles. The van der Waals surface area contributed by atoms with Crippen molar-refractivity contribution in [2.75, 3.05) is 24.4 Å². The number of nitro benzene ring substituents is 1. The Kier molecular flexibility index (Phi) is 7.36. The zero-order valence-electron chi connectivity index (χ0n) is 17.5. The van der Waals surface area contributed by atoms with Gasteiger partial charge in [0.05, 0.1) is 30.3 Å². The smallest absolute Gasteiger partial charge is 0.295 e. The van der Waals surface area contributed by atoms with Crippen LogP contribution in [0.1, 0.15) is 5.56 Å². The van der Waals surface area contributed by atoms with Gasteiger partial charge < -0.3 is 9.47 Å². The van der Waals surface area contributed by atoms with Gasteiger partial charge in [0, 0.05) is 28.4 Å². The SMILES string of the molecule is COc1ccc(C=NNc2ccc(S(=O)(=O)Nc3ccc(Cl)cc3)cc2[N+](=O)[O-])c(OC)c1. The summed E-state index contributed by atoms with van der Waals surface area (Å²) < 4.78 is 38.1. The molecule has 0 saturated heterocycles. The maximum atomic E-state index is 12.7. The molecule has 0 aliphatic rings. The lowest BCUT2D eigenvalue weighted by Crippen LogP contribution is -2.13. The quantitative estimate of drug-likeness (QED) is 0.256. The fourth-order valence-electron chi connectivity index (χ4n) is 2.75. The maximum Gasteiger partial charge on any atom is 0.295 e. The number of methoxy groups -OCH3 is 2. The summed E-state index contributed by atoms with van der Waals surface area (Å²) >= 11 is 5.80. The van der Waals surface area contributed by atoms with Gasteiger partial charge in [-0.25, -0.2) is 8.42 Å². The van der Waals surface area contributed by atoms with E-state index in [1.165, 1.54) is 56.8 Å². The Hall–Kier alpha value is -3.83. The second kappa shape index (κ2) is 10.2. The summed E-state index contributed by atoms with van der Waals surface area (Å²) in [6.07, 6.45) is 1.41. The van der Waals surface area contributed by atoms with Crippen LogP contribution in [0.2, 0.25) is 5.02 Å². The first-order chi connectivity index (χ1) is 15.7. The molecule has 0 spiro atoms. The van der Waals surface area contributed by atoms with Crippen LogP contribution in [0.3, 0.4) is 0 Å². The van der Waals surface area contributed by atoms with E-state index in [0.717, 1.165) is 6.07 Å². The number of anilines is 2. The van der Waals surface area contributed by atoms with E-state index < -0.39 is 20.6 Å². The van der Waals surface area contributed by atoms with Crippen molar-refractivity contribution < 1.29 is 22.8 Å². The first-order valence-corrected chi connectivity index (χ1v) is 11.2. The predicted octanol–water partition coefficient (Wildman–Crippen LogP) is 4.51. The molecule has 0 aliphatic carbocycles. The normalized spacial score (nSPS) is 11.2. The molecule has 3 aromatic carbocycles. The number of hydrogen-bond acceptors (Lipinski definition) is 8. The third-order valence-corrected chi connectivity index (χ3v) is 6.03. The molecule has 3 rings (SSSR count). The highest BCUT2D eigenvalue weighted by atomic mass is 35.5. The Morgan fingerprint density at radius 1 is 1.03 bits per heavy atom. The van der Waals surface area contributed by atoms with Crippen molar-refractivity contribution in [3.05, 3.63) is 81.4 Å². The van der Waals surface area contributed by atoms with Gasteiger partial charge in [-0.1, -0.05) is 11.6 Å². The van der Waals surface area contributed by atoms with Crippen LogP contribution in [-0.4, -0.2) is 33.8 Å². The molecular formula is C21H19ClN4O6S. The molecule has 0 saturated carbocycles. The Bertz CT molecular complexity index is 1300. The monoisotopic (exact) mass is 490 g/mol. The Labute approximate surface area is 195 Å². The molecule has 0 amide bonds. The van der Waals surface area contributed by atoms with Crippen molar-refractivity contribution >= 4 is 44.9 Å². The number of sulfonamides is 1. The summed E-state index contributed by atoms with van der Waals surface area (Å²) in [5.41, 5.74) is 2.98. The molecular weight excluding hydrogens is 472 g/mol. The van der Waals surface area contributed by atoms with Crippen molar-refractivity contribution in [3.63, 3.8) is 0 Å². The van der Waals surface area contributed by atoms with Crippen molar-refractivity contribution in [2.24, 2.45) is 5.10 Å². The van der Waals surface area contributed by atoms with E-state index in [0.29, 0.717) is 22.1 Å². The van der Waals surface area contributed by atoms with Gasteiger partial charge in [-0.2, -0.15) is 5.10 Å². The van der Waals surface area contributed by atoms with Gasteiger partial charge in [-0.15, -0.1) is 0 Å². The number of nitrogens with one attached hydrogen (secondary N) is 2. The minimum Gasteiger partial charge on any atom is -0.497 e. The Balaban J connectivity index is 1.84. The summed E-state index contributed by atoms with van der Waals surface area (Å²) in [5, 5.41) is 16.0. The van der Waals surface area contributed by atoms with E-state index in [1.54, 1.807) is 18.2 Å². The topological polar surface area (TPSA) is 132 Å². The predicted molar refractivity (Wildman–Crippen MR) is 126 cm³/mol. The lowest BCUT2D eigenvalue weighted by Gasteiger charge is -2.10. The van der Waals surface area contributed by atoms with Crippen molar-refractivity contribution in [1.82, 2.24) is 0 Å². The van der Waals surface area contributed by atoms with Crippen LogP contribution in [0, 0.1) is 10.1 Å². The lowest BCUT2D eigenvalue weighted by molar-refractivity contribution is -0.384. The fraction of sp³-hybridized carbons (Fsp3) is 0.0952. The van der Waals surface area contributed by atoms with Crippen LogP contribution >= 0.6 is 11.6 Å². The van der Waals surface area contributed by atoms with Gasteiger partial charge in [0.2, 0.25) is 0 Å². The molecule has 0 unspecified atom stereocenters. The van der Waals surface area contributed by atoms with Gasteiger partial charge in [-0.3, -0.25) is 20.3 Å². The van der Waals surface area contributed by atoms with Crippen molar-refractivity contribution in [1.29, 1.82) is 0 Å². The maximum absolute atomic E-state index is 12.7. The molecule has 33 heavy (non-hydrogen) atoms. The molecule has 0 atom stereocenters. The minimum absolute atomic E-state index is 0.00849. The lowest BCUT2D eigenvalue weighted by atomic mass is 10.2. The Morgan fingerprint density at radius 3 is 2.39 bits per heavy atom. The van der Waals surface area contributed by atoms with Gasteiger partial charge in [0.25, 0.3) is 15.7 Å². The van der Waals surface area contributed by atoms with Gasteiger partial charge in [0.1, 0.15) is 17.2 Å². The number of nitrogens with zero attached hydrogens (tertiary/aromatic N) is 2. The molecule has 2 N–H and O–H groups in total. The summed E-state index contributed by atoms with van der Waals surface area (Å²) in [7, 11) is -1.06. The average molecular weight is 491 g/mol. The first kappa shape index (κ1) is 23.8. The van der Waals surface area contributed by atoms with Gasteiger partial charge >= 0.3 is 0 Å². The van der Waals surface area contributed by atoms with Crippen LogP contribution < -0.4 is 19.6 Å². The zero-order chi connectivity index (χ0) is 24.0. The second-order valence-corrected chi connectivity index (χ2v) is 8.65.